The number of nitrogens with zero attached hydrogens (tertiary/aromatic N) is 1. The lowest BCUT2D eigenvalue weighted by atomic mass is 9.86. The smallest absolute Gasteiger partial charge is 0.0619 e. The van der Waals surface area contributed by atoms with Crippen LogP contribution in [0, 0.1) is 0 Å². The fraction of sp³-hybridized carbons (Fsp3) is 0.333. The molecule has 1 atom stereocenters. The number of benzene rings is 2. The maximum atomic E-state index is 2.70. The van der Waals surface area contributed by atoms with Gasteiger partial charge in [0.2, 0.25) is 0 Å². The highest BCUT2D eigenvalue weighted by atomic mass is 15.3. The molecule has 0 spiro atoms. The molecule has 4 rings (SSSR count). The highest BCUT2D eigenvalue weighted by Gasteiger charge is 2.48. The number of hydrogen-bond donors (Lipinski definition) is 0. The summed E-state index contributed by atoms with van der Waals surface area (Å²) in [5.74, 6) is 0. The summed E-state index contributed by atoms with van der Waals surface area (Å²) in [4.78, 5) is 2.70. The zero-order valence-corrected chi connectivity index (χ0v) is 11.5. The van der Waals surface area contributed by atoms with Crippen molar-refractivity contribution in [1.29, 1.82) is 0 Å². The van der Waals surface area contributed by atoms with Gasteiger partial charge in [0.1, 0.15) is 0 Å². The summed E-state index contributed by atoms with van der Waals surface area (Å²) in [6, 6.07) is 19.5. The Morgan fingerprint density at radius 2 is 1.21 bits per heavy atom. The molecule has 0 saturated heterocycles. The summed E-state index contributed by atoms with van der Waals surface area (Å²) in [5, 5.41) is 0. The van der Waals surface area contributed by atoms with Crippen LogP contribution in [-0.4, -0.2) is 10.9 Å². The summed E-state index contributed by atoms with van der Waals surface area (Å²) < 4.78 is 0. The molecule has 1 unspecified atom stereocenters. The maximum absolute atomic E-state index is 2.70. The molecule has 0 N–H and O–H groups in total. The molecular weight excluding hydrogens is 230 g/mol. The lowest BCUT2D eigenvalue weighted by Gasteiger charge is -2.29. The summed E-state index contributed by atoms with van der Waals surface area (Å²) in [5.41, 5.74) is 6.08. The molecule has 2 aromatic rings. The Morgan fingerprint density at radius 3 is 1.53 bits per heavy atom. The van der Waals surface area contributed by atoms with E-state index in [1.54, 1.807) is 0 Å². The molecule has 0 aliphatic carbocycles. The first-order valence-corrected chi connectivity index (χ1v) is 7.28. The molecule has 0 aromatic heterocycles. The summed E-state index contributed by atoms with van der Waals surface area (Å²) in [6.45, 7) is 4.65. The maximum Gasteiger partial charge on any atom is 0.0619 e. The zero-order valence-electron chi connectivity index (χ0n) is 11.5. The van der Waals surface area contributed by atoms with E-state index >= 15 is 0 Å². The largest absolute Gasteiger partial charge is 0.278 e. The Labute approximate surface area is 114 Å². The van der Waals surface area contributed by atoms with Crippen molar-refractivity contribution in [2.75, 3.05) is 0 Å². The van der Waals surface area contributed by atoms with Crippen molar-refractivity contribution in [3.8, 4) is 0 Å². The first-order valence-electron chi connectivity index (χ1n) is 7.28. The Balaban J connectivity index is 1.94. The Hall–Kier alpha value is -1.60. The van der Waals surface area contributed by atoms with Crippen LogP contribution in [0.25, 0.3) is 0 Å². The minimum absolute atomic E-state index is 0.479. The third-order valence-corrected chi connectivity index (χ3v) is 4.87. The molecule has 2 aliphatic rings. The van der Waals surface area contributed by atoms with Crippen molar-refractivity contribution < 1.29 is 0 Å². The molecule has 19 heavy (non-hydrogen) atoms. The molecule has 1 heteroatoms. The number of rotatable bonds is 2. The Morgan fingerprint density at radius 1 is 0.842 bits per heavy atom. The van der Waals surface area contributed by atoms with Crippen LogP contribution in [0.4, 0.5) is 0 Å². The molecule has 2 aromatic carbocycles. The normalized spacial score (nSPS) is 25.2. The van der Waals surface area contributed by atoms with Gasteiger partial charge < -0.3 is 0 Å². The van der Waals surface area contributed by atoms with Crippen LogP contribution in [0.3, 0.4) is 0 Å². The van der Waals surface area contributed by atoms with E-state index in [1.165, 1.54) is 28.7 Å². The van der Waals surface area contributed by atoms with E-state index in [2.05, 4.69) is 67.3 Å². The number of fused-ring (bicyclic) bond motifs is 8. The summed E-state index contributed by atoms with van der Waals surface area (Å²) >= 11 is 0. The van der Waals surface area contributed by atoms with Crippen molar-refractivity contribution in [3.05, 3.63) is 70.8 Å². The lowest BCUT2D eigenvalue weighted by Crippen LogP contribution is -2.30. The second-order valence-corrected chi connectivity index (χ2v) is 5.77. The van der Waals surface area contributed by atoms with Crippen molar-refractivity contribution >= 4 is 0 Å². The molecule has 0 amide bonds. The molecule has 0 radical (unpaired) electrons. The van der Waals surface area contributed by atoms with E-state index in [0.717, 1.165) is 0 Å². The van der Waals surface area contributed by atoms with Crippen LogP contribution in [0.2, 0.25) is 0 Å². The van der Waals surface area contributed by atoms with Crippen LogP contribution in [0.5, 0.6) is 0 Å². The van der Waals surface area contributed by atoms with E-state index in [9.17, 15) is 0 Å². The van der Waals surface area contributed by atoms with Gasteiger partial charge >= 0.3 is 0 Å². The van der Waals surface area contributed by atoms with Gasteiger partial charge in [0.25, 0.3) is 0 Å². The highest BCUT2D eigenvalue weighted by molar-refractivity contribution is 5.57. The minimum Gasteiger partial charge on any atom is -0.278 e. The van der Waals surface area contributed by atoms with Gasteiger partial charge in [-0.05, 0) is 35.6 Å². The predicted molar refractivity (Wildman–Crippen MR) is 78.2 cm³/mol. The van der Waals surface area contributed by atoms with Crippen LogP contribution in [0.1, 0.15) is 54.6 Å². The van der Waals surface area contributed by atoms with Gasteiger partial charge in [-0.1, -0.05) is 55.5 Å². The van der Waals surface area contributed by atoms with Crippen LogP contribution in [-0.2, 0) is 0 Å². The van der Waals surface area contributed by atoms with Gasteiger partial charge in [-0.3, -0.25) is 4.90 Å². The fourth-order valence-electron chi connectivity index (χ4n) is 3.86. The molecule has 96 valence electrons. The number of hydrogen-bond acceptors (Lipinski definition) is 1. The minimum atomic E-state index is 0.479. The molecule has 2 heterocycles. The van der Waals surface area contributed by atoms with Gasteiger partial charge in [-0.15, -0.1) is 0 Å². The third-order valence-electron chi connectivity index (χ3n) is 4.87. The first-order chi connectivity index (χ1) is 9.33. The quantitative estimate of drug-likeness (QED) is 0.767. The molecule has 0 saturated carbocycles. The van der Waals surface area contributed by atoms with E-state index in [1.807, 2.05) is 0 Å². The van der Waals surface area contributed by atoms with E-state index in [-0.39, 0.29) is 0 Å². The SMILES string of the molecule is CCC(C)N1C2c3ccccc3C1c1ccccc12. The van der Waals surface area contributed by atoms with Crippen molar-refractivity contribution in [1.82, 2.24) is 4.90 Å². The molecule has 1 nitrogen and oxygen atoms in total. The van der Waals surface area contributed by atoms with Crippen LogP contribution >= 0.6 is 0 Å². The topological polar surface area (TPSA) is 3.24 Å². The van der Waals surface area contributed by atoms with E-state index in [4.69, 9.17) is 0 Å². The zero-order chi connectivity index (χ0) is 13.0. The standard InChI is InChI=1S/C18H19N/c1-3-12(2)19-17-13-8-4-5-9-14(13)18(19)16-11-7-6-10-15(16)17/h4-12,17-18H,3H2,1-2H3. The van der Waals surface area contributed by atoms with Crippen molar-refractivity contribution in [2.24, 2.45) is 0 Å². The first kappa shape index (κ1) is 11.2. The second kappa shape index (κ2) is 3.94. The predicted octanol–water partition coefficient (Wildman–Crippen LogP) is 4.29. The van der Waals surface area contributed by atoms with Gasteiger partial charge in [0, 0.05) is 6.04 Å². The monoisotopic (exact) mass is 249 g/mol. The molecule has 2 aliphatic heterocycles. The second-order valence-electron chi connectivity index (χ2n) is 5.77. The fourth-order valence-corrected chi connectivity index (χ4v) is 3.86. The van der Waals surface area contributed by atoms with Gasteiger partial charge in [0.05, 0.1) is 12.1 Å². The molecule has 0 fully saturated rings. The molecule has 2 bridgehead atoms. The van der Waals surface area contributed by atoms with Crippen LogP contribution < -0.4 is 0 Å². The van der Waals surface area contributed by atoms with Gasteiger partial charge in [-0.25, -0.2) is 0 Å². The lowest BCUT2D eigenvalue weighted by molar-refractivity contribution is 0.169. The third kappa shape index (κ3) is 1.34. The van der Waals surface area contributed by atoms with Gasteiger partial charge in [-0.2, -0.15) is 0 Å². The Bertz CT molecular complexity index is 534. The van der Waals surface area contributed by atoms with Crippen molar-refractivity contribution in [3.63, 3.8) is 0 Å². The summed E-state index contributed by atoms with van der Waals surface area (Å²) in [7, 11) is 0. The summed E-state index contributed by atoms with van der Waals surface area (Å²) in [6.07, 6.45) is 1.20. The van der Waals surface area contributed by atoms with E-state index < -0.39 is 0 Å². The average molecular weight is 249 g/mol. The van der Waals surface area contributed by atoms with Gasteiger partial charge in [0.15, 0.2) is 0 Å². The average Bonchev–Trinajstić information content (AvgIpc) is 2.99. The van der Waals surface area contributed by atoms with Crippen LogP contribution in [0.15, 0.2) is 48.5 Å². The Kier molecular flexibility index (Phi) is 2.33. The van der Waals surface area contributed by atoms with E-state index in [0.29, 0.717) is 18.1 Å². The highest BCUT2D eigenvalue weighted by Crippen LogP contribution is 2.57. The van der Waals surface area contributed by atoms with Crippen molar-refractivity contribution in [2.45, 2.75) is 38.4 Å². The molecular formula is C18H19N.